The summed E-state index contributed by atoms with van der Waals surface area (Å²) in [6.07, 6.45) is 3.02. The number of ether oxygens (including phenoxy) is 1. The second-order valence-electron chi connectivity index (χ2n) is 4.73. The first-order chi connectivity index (χ1) is 9.07. The molecule has 0 spiro atoms. The van der Waals surface area contributed by atoms with Gasteiger partial charge in [0.2, 0.25) is 0 Å². The molecule has 0 bridgehead atoms. The Morgan fingerprint density at radius 2 is 2.32 bits per heavy atom. The zero-order valence-electron chi connectivity index (χ0n) is 11.4. The predicted molar refractivity (Wildman–Crippen MR) is 71.3 cm³/mol. The van der Waals surface area contributed by atoms with Crippen LogP contribution in [0.25, 0.3) is 0 Å². The van der Waals surface area contributed by atoms with E-state index in [2.05, 4.69) is 9.97 Å². The largest absolute Gasteiger partial charge is 0.381 e. The van der Waals surface area contributed by atoms with Crippen LogP contribution in [0, 0.1) is 5.92 Å². The van der Waals surface area contributed by atoms with Gasteiger partial charge in [0.15, 0.2) is 5.03 Å². The maximum Gasteiger partial charge on any atom is 0.260 e. The first-order valence-electron chi connectivity index (χ1n) is 6.69. The number of hydrogen-bond donors (Lipinski definition) is 1. The van der Waals surface area contributed by atoms with Gasteiger partial charge in [0.25, 0.3) is 10.0 Å². The van der Waals surface area contributed by atoms with Crippen LogP contribution in [0.3, 0.4) is 0 Å². The average molecular weight is 287 g/mol. The van der Waals surface area contributed by atoms with Gasteiger partial charge < -0.3 is 9.72 Å². The molecule has 2 rings (SSSR count). The fourth-order valence-corrected chi connectivity index (χ4v) is 3.66. The monoisotopic (exact) mass is 287 g/mol. The lowest BCUT2D eigenvalue weighted by Crippen LogP contribution is -2.35. The second kappa shape index (κ2) is 6.02. The van der Waals surface area contributed by atoms with Gasteiger partial charge in [-0.15, -0.1) is 0 Å². The number of sulfonamides is 1. The van der Waals surface area contributed by atoms with Gasteiger partial charge in [-0.05, 0) is 12.3 Å². The van der Waals surface area contributed by atoms with Gasteiger partial charge in [0.05, 0.1) is 12.8 Å². The zero-order valence-corrected chi connectivity index (χ0v) is 12.2. The van der Waals surface area contributed by atoms with Crippen molar-refractivity contribution in [2.45, 2.75) is 31.7 Å². The molecule has 0 amide bonds. The molecule has 1 aromatic heterocycles. The number of aryl methyl sites for hydroxylation is 1. The van der Waals surface area contributed by atoms with Crippen LogP contribution in [0.2, 0.25) is 0 Å². The number of aromatic nitrogens is 2. The molecule has 6 nitrogen and oxygen atoms in total. The summed E-state index contributed by atoms with van der Waals surface area (Å²) in [5.74, 6) is 0.988. The van der Waals surface area contributed by atoms with Crippen LogP contribution in [0.4, 0.5) is 0 Å². The van der Waals surface area contributed by atoms with E-state index in [0.29, 0.717) is 37.9 Å². The lowest BCUT2D eigenvalue weighted by Gasteiger charge is -2.22. The number of nitrogens with one attached hydrogen (secondary N) is 1. The maximum atomic E-state index is 12.5. The Morgan fingerprint density at radius 1 is 1.53 bits per heavy atom. The van der Waals surface area contributed by atoms with E-state index in [4.69, 9.17) is 4.74 Å². The molecule has 1 aliphatic rings. The van der Waals surface area contributed by atoms with Crippen LogP contribution >= 0.6 is 0 Å². The molecule has 0 radical (unpaired) electrons. The molecule has 7 heteroatoms. The van der Waals surface area contributed by atoms with Crippen molar-refractivity contribution in [3.05, 3.63) is 12.0 Å². The van der Waals surface area contributed by atoms with E-state index in [1.54, 1.807) is 0 Å². The third kappa shape index (κ3) is 3.16. The lowest BCUT2D eigenvalue weighted by atomic mass is 10.1. The van der Waals surface area contributed by atoms with Crippen LogP contribution in [-0.4, -0.2) is 49.0 Å². The molecule has 0 aliphatic carbocycles. The fraction of sp³-hybridized carbons (Fsp3) is 0.750. The smallest absolute Gasteiger partial charge is 0.260 e. The van der Waals surface area contributed by atoms with Crippen LogP contribution in [0.15, 0.2) is 11.2 Å². The highest BCUT2D eigenvalue weighted by atomic mass is 32.2. The Kier molecular flexibility index (Phi) is 4.59. The van der Waals surface area contributed by atoms with Crippen molar-refractivity contribution in [3.63, 3.8) is 0 Å². The molecule has 1 N–H and O–H groups in total. The number of aromatic amines is 1. The number of rotatable bonds is 6. The third-order valence-electron chi connectivity index (χ3n) is 3.40. The standard InChI is InChI=1S/C12H21N3O3S/c1-3-11-13-7-12(14-11)19(16,17)15(4-2)8-10-5-6-18-9-10/h7,10H,3-6,8-9H2,1-2H3,(H,13,14). The van der Waals surface area contributed by atoms with Crippen LogP contribution < -0.4 is 0 Å². The summed E-state index contributed by atoms with van der Waals surface area (Å²) in [7, 11) is -3.47. The molecule has 1 aliphatic heterocycles. The summed E-state index contributed by atoms with van der Waals surface area (Å²) in [4.78, 5) is 6.93. The highest BCUT2D eigenvalue weighted by Gasteiger charge is 2.29. The summed E-state index contributed by atoms with van der Waals surface area (Å²) < 4.78 is 31.8. The van der Waals surface area contributed by atoms with Gasteiger partial charge in [-0.2, -0.15) is 4.31 Å². The minimum absolute atomic E-state index is 0.185. The summed E-state index contributed by atoms with van der Waals surface area (Å²) in [5.41, 5.74) is 0. The van der Waals surface area contributed by atoms with Crippen molar-refractivity contribution >= 4 is 10.0 Å². The van der Waals surface area contributed by atoms with Crippen molar-refractivity contribution in [2.24, 2.45) is 5.92 Å². The lowest BCUT2D eigenvalue weighted by molar-refractivity contribution is 0.180. The molecule has 2 heterocycles. The van der Waals surface area contributed by atoms with Crippen molar-refractivity contribution in [1.29, 1.82) is 0 Å². The fourth-order valence-electron chi connectivity index (χ4n) is 2.21. The van der Waals surface area contributed by atoms with Crippen LogP contribution in [0.1, 0.15) is 26.1 Å². The van der Waals surface area contributed by atoms with E-state index in [1.165, 1.54) is 10.5 Å². The van der Waals surface area contributed by atoms with Crippen LogP contribution in [-0.2, 0) is 21.2 Å². The van der Waals surface area contributed by atoms with Gasteiger partial charge in [-0.3, -0.25) is 0 Å². The average Bonchev–Trinajstić information content (AvgIpc) is 3.06. The predicted octanol–water partition coefficient (Wildman–Crippen LogP) is 1.02. The molecule has 108 valence electrons. The van der Waals surface area contributed by atoms with E-state index < -0.39 is 10.0 Å². The molecular weight excluding hydrogens is 266 g/mol. The quantitative estimate of drug-likeness (QED) is 0.847. The minimum atomic E-state index is -3.47. The molecule has 19 heavy (non-hydrogen) atoms. The molecular formula is C12H21N3O3S. The molecule has 0 saturated carbocycles. The van der Waals surface area contributed by atoms with E-state index in [1.807, 2.05) is 13.8 Å². The highest BCUT2D eigenvalue weighted by molar-refractivity contribution is 7.89. The van der Waals surface area contributed by atoms with E-state index in [0.717, 1.165) is 13.0 Å². The molecule has 1 saturated heterocycles. The first-order valence-corrected chi connectivity index (χ1v) is 8.13. The second-order valence-corrected chi connectivity index (χ2v) is 6.64. The summed E-state index contributed by atoms with van der Waals surface area (Å²) in [6, 6.07) is 0. The van der Waals surface area contributed by atoms with Crippen molar-refractivity contribution in [1.82, 2.24) is 14.3 Å². The highest BCUT2D eigenvalue weighted by Crippen LogP contribution is 2.19. The molecule has 1 fully saturated rings. The topological polar surface area (TPSA) is 75.3 Å². The number of hydrogen-bond acceptors (Lipinski definition) is 4. The van der Waals surface area contributed by atoms with E-state index in [-0.39, 0.29) is 5.03 Å². The van der Waals surface area contributed by atoms with E-state index >= 15 is 0 Å². The molecule has 1 unspecified atom stereocenters. The molecule has 1 aromatic rings. The third-order valence-corrected chi connectivity index (χ3v) is 5.25. The number of imidazole rings is 1. The summed E-state index contributed by atoms with van der Waals surface area (Å²) in [5, 5.41) is 0.185. The van der Waals surface area contributed by atoms with Gasteiger partial charge in [-0.1, -0.05) is 13.8 Å². The normalized spacial score (nSPS) is 20.3. The Balaban J connectivity index is 2.15. The minimum Gasteiger partial charge on any atom is -0.381 e. The number of H-pyrrole nitrogens is 1. The van der Waals surface area contributed by atoms with Gasteiger partial charge in [0.1, 0.15) is 5.82 Å². The Labute approximate surface area is 114 Å². The van der Waals surface area contributed by atoms with Crippen molar-refractivity contribution in [3.8, 4) is 0 Å². The van der Waals surface area contributed by atoms with Crippen LogP contribution in [0.5, 0.6) is 0 Å². The summed E-state index contributed by atoms with van der Waals surface area (Å²) >= 11 is 0. The maximum absolute atomic E-state index is 12.5. The SMILES string of the molecule is CCc1ncc(S(=O)(=O)N(CC)CC2CCOC2)[nH]1. The Bertz CT molecular complexity index is 506. The van der Waals surface area contributed by atoms with Crippen molar-refractivity contribution < 1.29 is 13.2 Å². The zero-order chi connectivity index (χ0) is 13.9. The van der Waals surface area contributed by atoms with E-state index in [9.17, 15) is 8.42 Å². The molecule has 0 aromatic carbocycles. The van der Waals surface area contributed by atoms with Crippen molar-refractivity contribution in [2.75, 3.05) is 26.3 Å². The summed E-state index contributed by atoms with van der Waals surface area (Å²) in [6.45, 7) is 6.13. The Morgan fingerprint density at radius 3 is 2.84 bits per heavy atom. The molecule has 1 atom stereocenters. The van der Waals surface area contributed by atoms with Gasteiger partial charge in [-0.25, -0.2) is 13.4 Å². The van der Waals surface area contributed by atoms with Gasteiger partial charge >= 0.3 is 0 Å². The number of nitrogens with zero attached hydrogens (tertiary/aromatic N) is 2. The first kappa shape index (κ1) is 14.5. The van der Waals surface area contributed by atoms with Gasteiger partial charge in [0, 0.05) is 26.1 Å². The Hall–Kier alpha value is -0.920.